The van der Waals surface area contributed by atoms with Gasteiger partial charge < -0.3 is 19.9 Å². The highest BCUT2D eigenvalue weighted by Gasteiger charge is 2.24. The Labute approximate surface area is 165 Å². The third-order valence-corrected chi connectivity index (χ3v) is 5.44. The minimum absolute atomic E-state index is 0.0100. The Morgan fingerprint density at radius 1 is 1.11 bits per heavy atom. The maximum absolute atomic E-state index is 12.5. The third-order valence-electron chi connectivity index (χ3n) is 5.44. The summed E-state index contributed by atoms with van der Waals surface area (Å²) < 4.78 is 6.24. The lowest BCUT2D eigenvalue weighted by atomic mass is 10.1. The van der Waals surface area contributed by atoms with Crippen molar-refractivity contribution in [3.8, 4) is 5.75 Å². The number of urea groups is 1. The lowest BCUT2D eigenvalue weighted by molar-refractivity contribution is 0.110. The second-order valence-electron chi connectivity index (χ2n) is 7.57. The number of fused-ring (bicyclic) bond motifs is 1. The number of H-pyrrole nitrogens is 1. The van der Waals surface area contributed by atoms with Gasteiger partial charge in [-0.15, -0.1) is 0 Å². The highest BCUT2D eigenvalue weighted by Crippen LogP contribution is 2.26. The van der Waals surface area contributed by atoms with Crippen molar-refractivity contribution < 1.29 is 9.53 Å². The molecule has 1 aromatic heterocycles. The minimum Gasteiger partial charge on any atom is -0.490 e. The van der Waals surface area contributed by atoms with Crippen molar-refractivity contribution in [1.82, 2.24) is 15.2 Å². The van der Waals surface area contributed by atoms with Gasteiger partial charge in [0.25, 0.3) is 0 Å². The Bertz CT molecular complexity index is 918. The van der Waals surface area contributed by atoms with Gasteiger partial charge in [0.1, 0.15) is 11.9 Å². The second-order valence-corrected chi connectivity index (χ2v) is 7.57. The number of nitrogens with one attached hydrogen (secondary N) is 2. The highest BCUT2D eigenvalue weighted by atomic mass is 16.5. The summed E-state index contributed by atoms with van der Waals surface area (Å²) in [5.41, 5.74) is 4.44. The molecule has 0 saturated carbocycles. The van der Waals surface area contributed by atoms with Gasteiger partial charge in [-0.05, 0) is 42.5 Å². The summed E-state index contributed by atoms with van der Waals surface area (Å²) in [5.74, 6) is 0.990. The fraction of sp³-hybridized carbons (Fsp3) is 0.348. The van der Waals surface area contributed by atoms with E-state index < -0.39 is 0 Å². The van der Waals surface area contributed by atoms with Crippen LogP contribution in [0.2, 0.25) is 0 Å². The fourth-order valence-electron chi connectivity index (χ4n) is 3.84. The van der Waals surface area contributed by atoms with E-state index in [2.05, 4.69) is 54.5 Å². The minimum atomic E-state index is -0.0100. The molecular weight excluding hydrogens is 350 g/mol. The molecule has 2 aromatic carbocycles. The van der Waals surface area contributed by atoms with Gasteiger partial charge in [0.05, 0.1) is 6.54 Å². The number of ether oxygens (including phenoxy) is 1. The summed E-state index contributed by atoms with van der Waals surface area (Å²) in [6.45, 7) is 6.10. The Balaban J connectivity index is 1.28. The van der Waals surface area contributed by atoms with Crippen LogP contribution in [0.15, 0.2) is 48.5 Å². The van der Waals surface area contributed by atoms with Crippen LogP contribution in [0.4, 0.5) is 4.79 Å². The highest BCUT2D eigenvalue weighted by molar-refractivity contribution is 5.80. The molecule has 5 nitrogen and oxygen atoms in total. The first-order valence-corrected chi connectivity index (χ1v) is 9.92. The molecule has 0 radical (unpaired) electrons. The van der Waals surface area contributed by atoms with Crippen LogP contribution < -0.4 is 10.1 Å². The van der Waals surface area contributed by atoms with Gasteiger partial charge in [0, 0.05) is 37.1 Å². The van der Waals surface area contributed by atoms with Crippen LogP contribution in [0.3, 0.4) is 0 Å². The molecule has 1 fully saturated rings. The number of hydrogen-bond acceptors (Lipinski definition) is 2. The topological polar surface area (TPSA) is 57.4 Å². The summed E-state index contributed by atoms with van der Waals surface area (Å²) in [7, 11) is 0. The number of carbonyl (C=O) groups is 1. The molecule has 1 saturated heterocycles. The second kappa shape index (κ2) is 7.97. The summed E-state index contributed by atoms with van der Waals surface area (Å²) in [4.78, 5) is 17.7. The summed E-state index contributed by atoms with van der Waals surface area (Å²) in [5, 5.41) is 4.19. The average molecular weight is 377 g/mol. The van der Waals surface area contributed by atoms with Crippen molar-refractivity contribution in [2.24, 2.45) is 0 Å². The van der Waals surface area contributed by atoms with Gasteiger partial charge in [-0.3, -0.25) is 0 Å². The molecule has 3 aromatic rings. The van der Waals surface area contributed by atoms with Crippen LogP contribution in [0.25, 0.3) is 10.9 Å². The first kappa shape index (κ1) is 18.4. The first-order chi connectivity index (χ1) is 13.6. The Morgan fingerprint density at radius 2 is 1.82 bits per heavy atom. The summed E-state index contributed by atoms with van der Waals surface area (Å²) in [6, 6.07) is 16.4. The van der Waals surface area contributed by atoms with E-state index in [0.29, 0.717) is 19.6 Å². The van der Waals surface area contributed by atoms with E-state index >= 15 is 0 Å². The van der Waals surface area contributed by atoms with Crippen molar-refractivity contribution in [3.05, 3.63) is 65.4 Å². The van der Waals surface area contributed by atoms with E-state index in [-0.39, 0.29) is 12.1 Å². The van der Waals surface area contributed by atoms with Gasteiger partial charge >= 0.3 is 6.03 Å². The van der Waals surface area contributed by atoms with Gasteiger partial charge in [-0.1, -0.05) is 36.4 Å². The monoisotopic (exact) mass is 377 g/mol. The molecule has 2 heterocycles. The molecule has 0 atom stereocenters. The third kappa shape index (κ3) is 3.98. The van der Waals surface area contributed by atoms with E-state index in [1.807, 2.05) is 23.1 Å². The van der Waals surface area contributed by atoms with Crippen LogP contribution in [-0.2, 0) is 6.54 Å². The maximum Gasteiger partial charge on any atom is 0.317 e. The van der Waals surface area contributed by atoms with Gasteiger partial charge in [-0.25, -0.2) is 4.79 Å². The number of rotatable bonds is 4. The molecule has 0 spiro atoms. The number of carbonyl (C=O) groups excluding carboxylic acids is 1. The number of nitrogens with zero attached hydrogens (tertiary/aromatic N) is 1. The molecule has 2 amide bonds. The number of para-hydroxylation sites is 2. The lowest BCUT2D eigenvalue weighted by Gasteiger charge is -2.32. The van der Waals surface area contributed by atoms with Crippen LogP contribution in [0.5, 0.6) is 5.75 Å². The number of benzene rings is 2. The van der Waals surface area contributed by atoms with Crippen molar-refractivity contribution >= 4 is 16.9 Å². The van der Waals surface area contributed by atoms with Crippen LogP contribution >= 0.6 is 0 Å². The van der Waals surface area contributed by atoms with Crippen molar-refractivity contribution in [2.45, 2.75) is 39.3 Å². The molecule has 0 bridgehead atoms. The zero-order chi connectivity index (χ0) is 19.5. The molecular formula is C23H27N3O2. The van der Waals surface area contributed by atoms with E-state index in [1.54, 1.807) is 0 Å². The Kier molecular flexibility index (Phi) is 5.24. The number of aromatic amines is 1. The number of aromatic nitrogens is 1. The number of hydrogen-bond donors (Lipinski definition) is 2. The van der Waals surface area contributed by atoms with Crippen LogP contribution in [0, 0.1) is 13.8 Å². The normalized spacial score (nSPS) is 15.0. The van der Waals surface area contributed by atoms with Gasteiger partial charge in [-0.2, -0.15) is 0 Å². The standard InChI is InChI=1S/C23H27N3O2/c1-16-6-5-7-17(2)22(16)28-20-10-12-26(13-11-20)23(27)24-15-19-14-18-8-3-4-9-21(18)25-19/h3-9,14,20,25H,10-13,15H2,1-2H3,(H,24,27). The predicted molar refractivity (Wildman–Crippen MR) is 112 cm³/mol. The molecule has 5 heteroatoms. The molecule has 0 unspecified atom stereocenters. The van der Waals surface area contributed by atoms with Crippen LogP contribution in [0.1, 0.15) is 29.7 Å². The average Bonchev–Trinajstić information content (AvgIpc) is 3.12. The number of piperidine rings is 1. The van der Waals surface area contributed by atoms with E-state index in [9.17, 15) is 4.79 Å². The van der Waals surface area contributed by atoms with Crippen molar-refractivity contribution in [2.75, 3.05) is 13.1 Å². The first-order valence-electron chi connectivity index (χ1n) is 9.92. The van der Waals surface area contributed by atoms with Crippen LogP contribution in [-0.4, -0.2) is 35.1 Å². The molecule has 2 N–H and O–H groups in total. The SMILES string of the molecule is Cc1cccc(C)c1OC1CCN(C(=O)NCc2cc3ccccc3[nH]2)CC1. The molecule has 1 aliphatic heterocycles. The number of amides is 2. The van der Waals surface area contributed by atoms with Crippen molar-refractivity contribution in [1.29, 1.82) is 0 Å². The molecule has 146 valence electrons. The van der Waals surface area contributed by atoms with E-state index in [4.69, 9.17) is 4.74 Å². The molecule has 4 rings (SSSR count). The Hall–Kier alpha value is -2.95. The van der Waals surface area contributed by atoms with E-state index in [0.717, 1.165) is 35.2 Å². The molecule has 1 aliphatic rings. The summed E-state index contributed by atoms with van der Waals surface area (Å²) >= 11 is 0. The molecule has 0 aliphatic carbocycles. The van der Waals surface area contributed by atoms with Gasteiger partial charge in [0.2, 0.25) is 0 Å². The van der Waals surface area contributed by atoms with Gasteiger partial charge in [0.15, 0.2) is 0 Å². The predicted octanol–water partition coefficient (Wildman–Crippen LogP) is 4.54. The largest absolute Gasteiger partial charge is 0.490 e. The van der Waals surface area contributed by atoms with Crippen molar-refractivity contribution in [3.63, 3.8) is 0 Å². The Morgan fingerprint density at radius 3 is 2.54 bits per heavy atom. The zero-order valence-corrected chi connectivity index (χ0v) is 16.5. The molecule has 28 heavy (non-hydrogen) atoms. The number of aryl methyl sites for hydroxylation is 2. The maximum atomic E-state index is 12.5. The fourth-order valence-corrected chi connectivity index (χ4v) is 3.84. The quantitative estimate of drug-likeness (QED) is 0.701. The smallest absolute Gasteiger partial charge is 0.317 e. The number of likely N-dealkylation sites (tertiary alicyclic amines) is 1. The lowest BCUT2D eigenvalue weighted by Crippen LogP contribution is -2.46. The zero-order valence-electron chi connectivity index (χ0n) is 16.5. The summed E-state index contributed by atoms with van der Waals surface area (Å²) in [6.07, 6.45) is 1.87. The van der Waals surface area contributed by atoms with E-state index in [1.165, 1.54) is 11.1 Å².